The van der Waals surface area contributed by atoms with Gasteiger partial charge in [-0.25, -0.2) is 4.39 Å². The summed E-state index contributed by atoms with van der Waals surface area (Å²) in [5, 5.41) is 3.49. The highest BCUT2D eigenvalue weighted by atomic mass is 19.1. The number of hydrogen-bond donors (Lipinski definition) is 1. The highest BCUT2D eigenvalue weighted by Crippen LogP contribution is 2.28. The predicted molar refractivity (Wildman–Crippen MR) is 95.6 cm³/mol. The molecule has 1 aromatic heterocycles. The van der Waals surface area contributed by atoms with Gasteiger partial charge in [0.15, 0.2) is 0 Å². The Kier molecular flexibility index (Phi) is 5.43. The molecule has 2 aromatic rings. The number of aromatic nitrogens is 1. The van der Waals surface area contributed by atoms with Crippen LogP contribution in [0.2, 0.25) is 0 Å². The van der Waals surface area contributed by atoms with E-state index in [1.807, 2.05) is 24.4 Å². The van der Waals surface area contributed by atoms with E-state index >= 15 is 0 Å². The molecule has 1 aromatic carbocycles. The minimum absolute atomic E-state index is 0.0653. The molecule has 3 rings (SSSR count). The Morgan fingerprint density at radius 1 is 1.21 bits per heavy atom. The topological polar surface area (TPSA) is 31.4 Å². The molecule has 24 heavy (non-hydrogen) atoms. The molecule has 2 heterocycles. The lowest BCUT2D eigenvalue weighted by atomic mass is 10.0. The number of halogens is 1. The van der Waals surface area contributed by atoms with Crippen LogP contribution >= 0.6 is 0 Å². The summed E-state index contributed by atoms with van der Waals surface area (Å²) in [6, 6.07) is 9.17. The first-order valence-electron chi connectivity index (χ1n) is 8.48. The third-order valence-electron chi connectivity index (χ3n) is 4.64. The molecular formula is C19H25FN4. The van der Waals surface area contributed by atoms with Gasteiger partial charge in [-0.1, -0.05) is 6.07 Å². The number of nitrogens with zero attached hydrogens (tertiary/aromatic N) is 3. The van der Waals surface area contributed by atoms with Crippen LogP contribution in [0.5, 0.6) is 0 Å². The fourth-order valence-electron chi connectivity index (χ4n) is 3.09. The monoisotopic (exact) mass is 328 g/mol. The number of pyridine rings is 1. The fourth-order valence-corrected chi connectivity index (χ4v) is 3.09. The molecule has 1 saturated heterocycles. The van der Waals surface area contributed by atoms with Crippen LogP contribution in [-0.2, 0) is 6.54 Å². The summed E-state index contributed by atoms with van der Waals surface area (Å²) < 4.78 is 13.8. The molecule has 4 nitrogen and oxygen atoms in total. The van der Waals surface area contributed by atoms with Crippen molar-refractivity contribution in [1.82, 2.24) is 15.2 Å². The smallest absolute Gasteiger partial charge is 0.123 e. The van der Waals surface area contributed by atoms with E-state index in [2.05, 4.69) is 34.1 Å². The van der Waals surface area contributed by atoms with Gasteiger partial charge in [0.2, 0.25) is 0 Å². The number of benzene rings is 1. The van der Waals surface area contributed by atoms with Crippen molar-refractivity contribution in [2.45, 2.75) is 19.5 Å². The van der Waals surface area contributed by atoms with Crippen LogP contribution in [0.4, 0.5) is 10.1 Å². The number of piperazine rings is 1. The highest BCUT2D eigenvalue weighted by molar-refractivity contribution is 5.55. The Morgan fingerprint density at radius 3 is 2.71 bits per heavy atom. The molecule has 1 unspecified atom stereocenters. The molecule has 0 saturated carbocycles. The quantitative estimate of drug-likeness (QED) is 0.914. The largest absolute Gasteiger partial charge is 0.369 e. The van der Waals surface area contributed by atoms with Crippen molar-refractivity contribution in [1.29, 1.82) is 0 Å². The Balaban J connectivity index is 1.74. The van der Waals surface area contributed by atoms with Crippen molar-refractivity contribution in [2.24, 2.45) is 0 Å². The number of rotatable bonds is 5. The summed E-state index contributed by atoms with van der Waals surface area (Å²) in [7, 11) is 2.14. The Bertz CT molecular complexity index is 654. The van der Waals surface area contributed by atoms with Crippen molar-refractivity contribution in [2.75, 3.05) is 38.1 Å². The maximum atomic E-state index is 13.8. The van der Waals surface area contributed by atoms with E-state index < -0.39 is 0 Å². The van der Waals surface area contributed by atoms with Crippen LogP contribution in [0.25, 0.3) is 0 Å². The first kappa shape index (κ1) is 16.9. The molecule has 1 aliphatic rings. The Labute approximate surface area is 143 Å². The normalized spacial score (nSPS) is 17.0. The Hall–Kier alpha value is -1.98. The third kappa shape index (κ3) is 4.10. The third-order valence-corrected chi connectivity index (χ3v) is 4.64. The summed E-state index contributed by atoms with van der Waals surface area (Å²) in [4.78, 5) is 8.82. The lowest BCUT2D eigenvalue weighted by molar-refractivity contribution is 0.312. The zero-order valence-corrected chi connectivity index (χ0v) is 14.4. The summed E-state index contributed by atoms with van der Waals surface area (Å²) in [5.41, 5.74) is 3.28. The highest BCUT2D eigenvalue weighted by Gasteiger charge is 2.20. The first-order chi connectivity index (χ1) is 11.6. The van der Waals surface area contributed by atoms with Crippen LogP contribution in [0.1, 0.15) is 24.1 Å². The molecule has 1 atom stereocenters. The maximum absolute atomic E-state index is 13.8. The van der Waals surface area contributed by atoms with Gasteiger partial charge in [-0.3, -0.25) is 4.98 Å². The van der Waals surface area contributed by atoms with Gasteiger partial charge < -0.3 is 15.1 Å². The van der Waals surface area contributed by atoms with Gasteiger partial charge in [-0.15, -0.1) is 0 Å². The van der Waals surface area contributed by atoms with Crippen LogP contribution in [0.15, 0.2) is 42.7 Å². The van der Waals surface area contributed by atoms with Gasteiger partial charge in [0.25, 0.3) is 0 Å². The van der Waals surface area contributed by atoms with Gasteiger partial charge >= 0.3 is 0 Å². The minimum Gasteiger partial charge on any atom is -0.369 e. The van der Waals surface area contributed by atoms with Crippen LogP contribution in [-0.4, -0.2) is 43.1 Å². The maximum Gasteiger partial charge on any atom is 0.123 e. The molecule has 0 amide bonds. The second-order valence-corrected chi connectivity index (χ2v) is 6.46. The molecule has 5 heteroatoms. The van der Waals surface area contributed by atoms with Crippen molar-refractivity contribution >= 4 is 5.69 Å². The van der Waals surface area contributed by atoms with E-state index in [1.54, 1.807) is 18.3 Å². The van der Waals surface area contributed by atoms with E-state index in [0.717, 1.165) is 43.0 Å². The van der Waals surface area contributed by atoms with Crippen molar-refractivity contribution in [3.63, 3.8) is 0 Å². The average molecular weight is 328 g/mol. The first-order valence-corrected chi connectivity index (χ1v) is 8.48. The molecule has 0 radical (unpaired) electrons. The number of nitrogens with one attached hydrogen (secondary N) is 1. The van der Waals surface area contributed by atoms with Gasteiger partial charge in [0.1, 0.15) is 5.82 Å². The van der Waals surface area contributed by atoms with Gasteiger partial charge in [0.05, 0.1) is 0 Å². The number of likely N-dealkylation sites (N-methyl/N-ethyl adjacent to an activating group) is 1. The van der Waals surface area contributed by atoms with Crippen LogP contribution < -0.4 is 10.2 Å². The average Bonchev–Trinajstić information content (AvgIpc) is 2.61. The van der Waals surface area contributed by atoms with E-state index in [4.69, 9.17) is 0 Å². The van der Waals surface area contributed by atoms with Crippen LogP contribution in [0, 0.1) is 5.82 Å². The number of hydrogen-bond acceptors (Lipinski definition) is 4. The number of anilines is 1. The molecule has 0 bridgehead atoms. The predicted octanol–water partition coefficient (Wildman–Crippen LogP) is 2.82. The zero-order valence-electron chi connectivity index (χ0n) is 14.4. The molecule has 1 N–H and O–H groups in total. The summed E-state index contributed by atoms with van der Waals surface area (Å²) in [6.07, 6.45) is 3.62. The molecule has 1 aliphatic heterocycles. The molecule has 128 valence electrons. The minimum atomic E-state index is -0.182. The van der Waals surface area contributed by atoms with E-state index in [0.29, 0.717) is 6.54 Å². The fraction of sp³-hybridized carbons (Fsp3) is 0.421. The van der Waals surface area contributed by atoms with Crippen molar-refractivity contribution < 1.29 is 4.39 Å². The lowest BCUT2D eigenvalue weighted by Crippen LogP contribution is -2.45. The molecule has 0 aliphatic carbocycles. The summed E-state index contributed by atoms with van der Waals surface area (Å²) >= 11 is 0. The second kappa shape index (κ2) is 7.73. The lowest BCUT2D eigenvalue weighted by Gasteiger charge is -2.36. The Morgan fingerprint density at radius 2 is 2.00 bits per heavy atom. The van der Waals surface area contributed by atoms with Gasteiger partial charge in [0, 0.05) is 56.8 Å². The van der Waals surface area contributed by atoms with E-state index in [-0.39, 0.29) is 11.9 Å². The van der Waals surface area contributed by atoms with E-state index in [9.17, 15) is 4.39 Å². The van der Waals surface area contributed by atoms with Gasteiger partial charge in [-0.2, -0.15) is 0 Å². The molecule has 1 fully saturated rings. The van der Waals surface area contributed by atoms with E-state index in [1.165, 1.54) is 0 Å². The summed E-state index contributed by atoms with van der Waals surface area (Å²) in [5.74, 6) is -0.182. The zero-order chi connectivity index (χ0) is 16.9. The SMILES string of the molecule is CC(NCc1cccnc1)c1cc(F)ccc1N1CCN(C)CC1. The van der Waals surface area contributed by atoms with Crippen molar-refractivity contribution in [3.05, 3.63) is 59.7 Å². The molecular weight excluding hydrogens is 303 g/mol. The van der Waals surface area contributed by atoms with Crippen molar-refractivity contribution in [3.8, 4) is 0 Å². The standard InChI is InChI=1S/C19H25FN4/c1-15(22-14-16-4-3-7-21-13-16)18-12-17(20)5-6-19(18)24-10-8-23(2)9-11-24/h3-7,12-13,15,22H,8-11,14H2,1-2H3. The van der Waals surface area contributed by atoms with Crippen LogP contribution in [0.3, 0.4) is 0 Å². The summed E-state index contributed by atoms with van der Waals surface area (Å²) in [6.45, 7) is 6.83. The van der Waals surface area contributed by atoms with Gasteiger partial charge in [-0.05, 0) is 49.4 Å². The second-order valence-electron chi connectivity index (χ2n) is 6.46. The molecule has 0 spiro atoms.